The van der Waals surface area contributed by atoms with Gasteiger partial charge in [0.25, 0.3) is 10.0 Å². The Bertz CT molecular complexity index is 825. The summed E-state index contributed by atoms with van der Waals surface area (Å²) >= 11 is 11.6. The minimum absolute atomic E-state index is 0.111. The van der Waals surface area contributed by atoms with Crippen molar-refractivity contribution in [2.24, 2.45) is 0 Å². The number of hydrogen-bond donors (Lipinski definition) is 0. The number of rotatable bonds is 5. The molecule has 0 heterocycles. The van der Waals surface area contributed by atoms with E-state index in [1.807, 2.05) is 0 Å². The molecule has 0 N–H and O–H groups in total. The Hall–Kier alpha value is -1.63. The van der Waals surface area contributed by atoms with Gasteiger partial charge in [-0.15, -0.1) is 0 Å². The molecule has 1 unspecified atom stereocenters. The second kappa shape index (κ2) is 6.86. The lowest BCUT2D eigenvalue weighted by Crippen LogP contribution is -2.42. The number of para-hydroxylation sites is 1. The largest absolute Gasteiger partial charge is 0.279 e. The Morgan fingerprint density at radius 3 is 2.22 bits per heavy atom. The van der Waals surface area contributed by atoms with E-state index < -0.39 is 27.1 Å². The van der Waals surface area contributed by atoms with Gasteiger partial charge in [-0.05, 0) is 54.9 Å². The van der Waals surface area contributed by atoms with Crippen molar-refractivity contribution < 1.29 is 17.6 Å². The predicted molar refractivity (Wildman–Crippen MR) is 87.8 cm³/mol. The molecule has 0 aliphatic heterocycles. The number of carbonyl (C=O) groups is 1. The second-order valence-corrected chi connectivity index (χ2v) is 7.28. The Balaban J connectivity index is 2.64. The highest BCUT2D eigenvalue weighted by Crippen LogP contribution is 2.32. The average Bonchev–Trinajstić information content (AvgIpc) is 2.49. The van der Waals surface area contributed by atoms with E-state index in [0.717, 1.165) is 28.6 Å². The fourth-order valence-electron chi connectivity index (χ4n) is 1.99. The fourth-order valence-corrected chi connectivity index (χ4v) is 4.06. The molecule has 23 heavy (non-hydrogen) atoms. The fraction of sp³-hybridized carbons (Fsp3) is 0.133. The molecule has 0 saturated carbocycles. The van der Waals surface area contributed by atoms with Crippen LogP contribution >= 0.6 is 23.2 Å². The molecule has 4 nitrogen and oxygen atoms in total. The van der Waals surface area contributed by atoms with E-state index in [1.54, 1.807) is 12.1 Å². The Morgan fingerprint density at radius 1 is 1.13 bits per heavy atom. The minimum atomic E-state index is -4.16. The molecule has 0 radical (unpaired) electrons. The van der Waals surface area contributed by atoms with E-state index in [-0.39, 0.29) is 15.6 Å². The molecule has 0 aliphatic carbocycles. The highest BCUT2D eigenvalue weighted by molar-refractivity contribution is 7.93. The summed E-state index contributed by atoms with van der Waals surface area (Å²) in [5.74, 6) is -0.574. The van der Waals surface area contributed by atoms with E-state index in [2.05, 4.69) is 0 Å². The zero-order chi connectivity index (χ0) is 17.2. The van der Waals surface area contributed by atoms with Gasteiger partial charge in [-0.1, -0.05) is 23.7 Å². The van der Waals surface area contributed by atoms with Gasteiger partial charge in [-0.3, -0.25) is 9.10 Å². The summed E-state index contributed by atoms with van der Waals surface area (Å²) in [5, 5.41) is -0.724. The van der Waals surface area contributed by atoms with E-state index >= 15 is 0 Å². The third-order valence-electron chi connectivity index (χ3n) is 3.14. The molecule has 0 aromatic heterocycles. The number of sulfonamides is 1. The molecule has 0 bridgehead atoms. The van der Waals surface area contributed by atoms with E-state index in [0.29, 0.717) is 0 Å². The first-order chi connectivity index (χ1) is 10.7. The van der Waals surface area contributed by atoms with Crippen LogP contribution in [0.15, 0.2) is 53.4 Å². The third-order valence-corrected chi connectivity index (χ3v) is 5.67. The van der Waals surface area contributed by atoms with Crippen LogP contribution in [-0.2, 0) is 14.8 Å². The van der Waals surface area contributed by atoms with Crippen molar-refractivity contribution in [3.05, 3.63) is 59.4 Å². The van der Waals surface area contributed by atoms with E-state index in [9.17, 15) is 17.6 Å². The molecular weight excluding hydrogens is 364 g/mol. The SMILES string of the molecule is CC(C(=O)Cl)N(c1ccccc1Cl)S(=O)(=O)c1ccc(F)cc1. The summed E-state index contributed by atoms with van der Waals surface area (Å²) in [7, 11) is -4.16. The molecule has 8 heteroatoms. The quantitative estimate of drug-likeness (QED) is 0.746. The monoisotopic (exact) mass is 375 g/mol. The summed E-state index contributed by atoms with van der Waals surface area (Å²) < 4.78 is 39.6. The zero-order valence-corrected chi connectivity index (χ0v) is 14.2. The summed E-state index contributed by atoms with van der Waals surface area (Å²) in [4.78, 5) is 11.4. The highest BCUT2D eigenvalue weighted by atomic mass is 35.5. The van der Waals surface area contributed by atoms with Crippen LogP contribution in [0, 0.1) is 5.82 Å². The molecule has 0 saturated heterocycles. The van der Waals surface area contributed by atoms with Crippen molar-refractivity contribution in [2.75, 3.05) is 4.31 Å². The Labute approximate surface area is 143 Å². The summed E-state index contributed by atoms with van der Waals surface area (Å²) in [5.41, 5.74) is 0.111. The van der Waals surface area contributed by atoms with Gasteiger partial charge in [0.1, 0.15) is 11.9 Å². The molecule has 1 atom stereocenters. The highest BCUT2D eigenvalue weighted by Gasteiger charge is 2.33. The van der Waals surface area contributed by atoms with Crippen molar-refractivity contribution >= 4 is 44.2 Å². The van der Waals surface area contributed by atoms with Crippen LogP contribution in [0.25, 0.3) is 0 Å². The van der Waals surface area contributed by atoms with Gasteiger partial charge in [-0.25, -0.2) is 12.8 Å². The third kappa shape index (κ3) is 3.65. The topological polar surface area (TPSA) is 54.5 Å². The van der Waals surface area contributed by atoms with Crippen LogP contribution in [-0.4, -0.2) is 19.7 Å². The Kier molecular flexibility index (Phi) is 5.29. The van der Waals surface area contributed by atoms with Crippen LogP contribution in [0.5, 0.6) is 0 Å². The number of hydrogen-bond acceptors (Lipinski definition) is 3. The van der Waals surface area contributed by atoms with Crippen molar-refractivity contribution in [3.8, 4) is 0 Å². The van der Waals surface area contributed by atoms with Gasteiger partial charge < -0.3 is 0 Å². The van der Waals surface area contributed by atoms with Gasteiger partial charge in [0.2, 0.25) is 5.24 Å². The second-order valence-electron chi connectivity index (χ2n) is 4.69. The van der Waals surface area contributed by atoms with E-state index in [1.165, 1.54) is 19.1 Å². The van der Waals surface area contributed by atoms with Gasteiger partial charge >= 0.3 is 0 Å². The average molecular weight is 376 g/mol. The van der Waals surface area contributed by atoms with Crippen molar-refractivity contribution in [1.82, 2.24) is 0 Å². The number of carbonyl (C=O) groups excluding carboxylic acids is 1. The number of anilines is 1. The normalized spacial score (nSPS) is 12.7. The Morgan fingerprint density at radius 2 is 1.70 bits per heavy atom. The summed E-state index contributed by atoms with van der Waals surface area (Å²) in [6.07, 6.45) is 0. The molecule has 0 amide bonds. The van der Waals surface area contributed by atoms with Crippen LogP contribution in [0.3, 0.4) is 0 Å². The molecule has 2 rings (SSSR count). The lowest BCUT2D eigenvalue weighted by Gasteiger charge is -2.29. The van der Waals surface area contributed by atoms with Crippen molar-refractivity contribution in [2.45, 2.75) is 17.9 Å². The molecule has 2 aromatic rings. The van der Waals surface area contributed by atoms with Crippen LogP contribution in [0.2, 0.25) is 5.02 Å². The zero-order valence-electron chi connectivity index (χ0n) is 11.9. The number of benzene rings is 2. The van der Waals surface area contributed by atoms with Gasteiger partial charge in [0.05, 0.1) is 15.6 Å². The first-order valence-electron chi connectivity index (χ1n) is 6.49. The van der Waals surface area contributed by atoms with Gasteiger partial charge in [0, 0.05) is 0 Å². The molecule has 0 fully saturated rings. The first-order valence-corrected chi connectivity index (χ1v) is 8.68. The molecule has 0 aliphatic rings. The minimum Gasteiger partial charge on any atom is -0.279 e. The standard InChI is InChI=1S/C15H12Cl2FNO3S/c1-10(15(17)20)19(14-5-3-2-4-13(14)16)23(21,22)12-8-6-11(18)7-9-12/h2-10H,1H3. The maximum atomic E-state index is 13.0. The van der Waals surface area contributed by atoms with Crippen LogP contribution in [0.4, 0.5) is 10.1 Å². The molecule has 2 aromatic carbocycles. The van der Waals surface area contributed by atoms with Gasteiger partial charge in [-0.2, -0.15) is 0 Å². The van der Waals surface area contributed by atoms with Crippen LogP contribution < -0.4 is 4.31 Å². The maximum absolute atomic E-state index is 13.0. The molecule has 0 spiro atoms. The van der Waals surface area contributed by atoms with Gasteiger partial charge in [0.15, 0.2) is 0 Å². The first kappa shape index (κ1) is 17.7. The van der Waals surface area contributed by atoms with Crippen molar-refractivity contribution in [3.63, 3.8) is 0 Å². The van der Waals surface area contributed by atoms with Crippen molar-refractivity contribution in [1.29, 1.82) is 0 Å². The molecular formula is C15H12Cl2FNO3S. The lowest BCUT2D eigenvalue weighted by atomic mass is 10.3. The maximum Gasteiger partial charge on any atom is 0.265 e. The smallest absolute Gasteiger partial charge is 0.265 e. The summed E-state index contributed by atoms with van der Waals surface area (Å²) in [6.45, 7) is 1.35. The molecule has 122 valence electrons. The van der Waals surface area contributed by atoms with E-state index in [4.69, 9.17) is 23.2 Å². The lowest BCUT2D eigenvalue weighted by molar-refractivity contribution is -0.112. The number of halogens is 3. The van der Waals surface area contributed by atoms with Crippen LogP contribution in [0.1, 0.15) is 6.92 Å². The summed E-state index contributed by atoms with van der Waals surface area (Å²) in [6, 6.07) is 9.23. The number of nitrogens with zero attached hydrogens (tertiary/aromatic N) is 1. The predicted octanol–water partition coefficient (Wildman–Crippen LogP) is 3.83.